The minimum absolute atomic E-state index is 0. The summed E-state index contributed by atoms with van der Waals surface area (Å²) in [6, 6.07) is 15.2. The van der Waals surface area contributed by atoms with Gasteiger partial charge in [-0.05, 0) is 48.2 Å². The predicted molar refractivity (Wildman–Crippen MR) is 140 cm³/mol. The molecule has 0 heterocycles. The number of carbonyl (C=O) groups excluding carboxylic acids is 1. The summed E-state index contributed by atoms with van der Waals surface area (Å²) in [6.45, 7) is 1.53. The SMILES string of the molecule is COc1cccc(Cl)c1NC(=O)c1cc2ccccc2c(N=Nc2cc(S(=O)(=O)O)cc(C)c2Cl)c1[O-].[Na+]. The fraction of sp³-hybridized carbons (Fsp3) is 0.0800. The predicted octanol–water partition coefficient (Wildman–Crippen LogP) is 3.46. The maximum atomic E-state index is 13.4. The molecule has 13 heteroatoms. The molecule has 2 N–H and O–H groups in total. The molecule has 0 saturated carbocycles. The third kappa shape index (κ3) is 6.13. The molecule has 0 spiro atoms. The number of hydrogen-bond donors (Lipinski definition) is 2. The van der Waals surface area contributed by atoms with Crippen molar-refractivity contribution >= 4 is 67.1 Å². The maximum Gasteiger partial charge on any atom is 1.00 e. The van der Waals surface area contributed by atoms with Gasteiger partial charge < -0.3 is 15.2 Å². The second-order valence-corrected chi connectivity index (χ2v) is 10.0. The zero-order chi connectivity index (χ0) is 26.9. The summed E-state index contributed by atoms with van der Waals surface area (Å²) in [5.74, 6) is -1.18. The smallest absolute Gasteiger partial charge is 0.870 e. The van der Waals surface area contributed by atoms with Gasteiger partial charge in [0.1, 0.15) is 17.1 Å². The number of para-hydroxylation sites is 1. The molecule has 0 fully saturated rings. The first-order valence-corrected chi connectivity index (χ1v) is 12.8. The zero-order valence-electron chi connectivity index (χ0n) is 20.3. The Bertz CT molecular complexity index is 1700. The van der Waals surface area contributed by atoms with E-state index in [2.05, 4.69) is 15.5 Å². The van der Waals surface area contributed by atoms with Crippen LogP contribution in [0.25, 0.3) is 10.8 Å². The van der Waals surface area contributed by atoms with Gasteiger partial charge in [0.2, 0.25) is 0 Å². The van der Waals surface area contributed by atoms with Crippen molar-refractivity contribution in [2.24, 2.45) is 10.2 Å². The summed E-state index contributed by atoms with van der Waals surface area (Å²) in [5, 5.41) is 25.3. The first kappa shape index (κ1) is 29.9. The van der Waals surface area contributed by atoms with Gasteiger partial charge in [0.15, 0.2) is 0 Å². The Morgan fingerprint density at radius 1 is 1.05 bits per heavy atom. The number of carbonyl (C=O) groups is 1. The Kier molecular flexibility index (Phi) is 9.43. The van der Waals surface area contributed by atoms with Crippen molar-refractivity contribution in [1.29, 1.82) is 0 Å². The second-order valence-electron chi connectivity index (χ2n) is 7.84. The molecule has 4 rings (SSSR count). The fourth-order valence-corrected chi connectivity index (χ4v) is 4.54. The average Bonchev–Trinajstić information content (AvgIpc) is 2.85. The molecular weight excluding hydrogens is 564 g/mol. The minimum Gasteiger partial charge on any atom is -0.870 e. The molecule has 190 valence electrons. The number of methoxy groups -OCH3 is 1. The topological polar surface area (TPSA) is 140 Å². The van der Waals surface area contributed by atoms with E-state index in [4.69, 9.17) is 27.9 Å². The third-order valence-corrected chi connectivity index (χ3v) is 7.06. The number of hydrogen-bond acceptors (Lipinski definition) is 7. The van der Waals surface area contributed by atoms with Crippen LogP contribution in [0.3, 0.4) is 0 Å². The number of fused-ring (bicyclic) bond motifs is 1. The Morgan fingerprint density at radius 3 is 2.45 bits per heavy atom. The fourth-order valence-electron chi connectivity index (χ4n) is 3.60. The van der Waals surface area contributed by atoms with Crippen molar-refractivity contribution in [2.45, 2.75) is 11.8 Å². The van der Waals surface area contributed by atoms with Crippen LogP contribution in [-0.2, 0) is 10.1 Å². The van der Waals surface area contributed by atoms with E-state index in [1.54, 1.807) is 42.5 Å². The summed E-state index contributed by atoms with van der Waals surface area (Å²) in [7, 11) is -3.13. The summed E-state index contributed by atoms with van der Waals surface area (Å²) in [6.07, 6.45) is 0. The molecule has 0 aliphatic carbocycles. The number of anilines is 1. The van der Waals surface area contributed by atoms with Crippen LogP contribution in [0.5, 0.6) is 11.5 Å². The Balaban J connectivity index is 0.00000400. The van der Waals surface area contributed by atoms with Crippen molar-refractivity contribution in [3.63, 3.8) is 0 Å². The van der Waals surface area contributed by atoms with Crippen LogP contribution in [-0.4, -0.2) is 26.0 Å². The van der Waals surface area contributed by atoms with Crippen LogP contribution in [0.15, 0.2) is 75.8 Å². The number of rotatable bonds is 6. The van der Waals surface area contributed by atoms with E-state index in [0.717, 1.165) is 6.07 Å². The van der Waals surface area contributed by atoms with Crippen molar-refractivity contribution < 1.29 is 57.2 Å². The number of nitrogens with zero attached hydrogens (tertiary/aromatic N) is 2. The van der Waals surface area contributed by atoms with Gasteiger partial charge in [0.05, 0.1) is 27.7 Å². The number of aryl methyl sites for hydroxylation is 1. The van der Waals surface area contributed by atoms with Gasteiger partial charge in [-0.1, -0.05) is 59.3 Å². The van der Waals surface area contributed by atoms with Gasteiger partial charge in [-0.2, -0.15) is 13.5 Å². The molecule has 9 nitrogen and oxygen atoms in total. The normalized spacial score (nSPS) is 11.4. The van der Waals surface area contributed by atoms with Crippen LogP contribution in [0.2, 0.25) is 10.0 Å². The van der Waals surface area contributed by atoms with Crippen LogP contribution in [0, 0.1) is 6.92 Å². The third-order valence-electron chi connectivity index (χ3n) is 5.42. The summed E-state index contributed by atoms with van der Waals surface area (Å²) < 4.78 is 37.9. The van der Waals surface area contributed by atoms with E-state index in [0.29, 0.717) is 22.1 Å². The van der Waals surface area contributed by atoms with Crippen molar-refractivity contribution in [1.82, 2.24) is 0 Å². The van der Waals surface area contributed by atoms with Crippen LogP contribution >= 0.6 is 23.2 Å². The molecule has 38 heavy (non-hydrogen) atoms. The molecule has 1 amide bonds. The van der Waals surface area contributed by atoms with Gasteiger partial charge in [0.25, 0.3) is 16.0 Å². The number of amides is 1. The Hall–Kier alpha value is -2.70. The first-order valence-electron chi connectivity index (χ1n) is 10.6. The van der Waals surface area contributed by atoms with Crippen molar-refractivity contribution in [3.05, 3.63) is 81.8 Å². The molecule has 4 aromatic carbocycles. The number of halogens is 2. The quantitative estimate of drug-likeness (QED) is 0.203. The number of nitrogens with one attached hydrogen (secondary N) is 1. The minimum atomic E-state index is -4.54. The molecule has 0 aromatic heterocycles. The number of ether oxygens (including phenoxy) is 1. The largest absolute Gasteiger partial charge is 1.00 e. The van der Waals surface area contributed by atoms with Crippen LogP contribution in [0.4, 0.5) is 17.1 Å². The first-order chi connectivity index (χ1) is 17.5. The summed E-state index contributed by atoms with van der Waals surface area (Å²) in [5.41, 5.74) is 0.0221. The Labute approximate surface area is 250 Å². The number of azo groups is 1. The van der Waals surface area contributed by atoms with Gasteiger partial charge in [-0.15, -0.1) is 5.11 Å². The average molecular weight is 582 g/mol. The summed E-state index contributed by atoms with van der Waals surface area (Å²) >= 11 is 12.5. The van der Waals surface area contributed by atoms with E-state index < -0.39 is 26.7 Å². The van der Waals surface area contributed by atoms with E-state index in [-0.39, 0.29) is 62.2 Å². The molecule has 0 aliphatic heterocycles. The van der Waals surface area contributed by atoms with Crippen molar-refractivity contribution in [2.75, 3.05) is 12.4 Å². The van der Waals surface area contributed by atoms with Gasteiger partial charge in [-0.25, -0.2) is 0 Å². The molecule has 4 aromatic rings. The molecule has 0 atom stereocenters. The van der Waals surface area contributed by atoms with Gasteiger partial charge >= 0.3 is 29.6 Å². The van der Waals surface area contributed by atoms with E-state index in [1.165, 1.54) is 26.2 Å². The molecular formula is C25H18Cl2N3NaO6S. The molecule has 0 bridgehead atoms. The molecule has 0 radical (unpaired) electrons. The monoisotopic (exact) mass is 581 g/mol. The van der Waals surface area contributed by atoms with E-state index >= 15 is 0 Å². The van der Waals surface area contributed by atoms with Crippen molar-refractivity contribution in [3.8, 4) is 11.5 Å². The maximum absolute atomic E-state index is 13.4. The number of benzene rings is 4. The Morgan fingerprint density at radius 2 is 1.76 bits per heavy atom. The molecule has 0 aliphatic rings. The van der Waals surface area contributed by atoms with E-state index in [9.17, 15) is 22.9 Å². The van der Waals surface area contributed by atoms with Crippen LogP contribution in [0.1, 0.15) is 15.9 Å². The van der Waals surface area contributed by atoms with E-state index in [1.807, 2.05) is 0 Å². The van der Waals surface area contributed by atoms with Gasteiger partial charge in [0, 0.05) is 10.9 Å². The zero-order valence-corrected chi connectivity index (χ0v) is 24.6. The standard InChI is InChI=1S/C25H19Cl2N3O6S.Na/c1-13-10-15(37(33,34)35)12-19(21(13)27)29-30-22-16-7-4-3-6-14(16)11-17(24(22)31)25(32)28-23-18(26)8-5-9-20(23)36-2;/h3-12,31H,1-2H3,(H,28,32)(H,33,34,35);/q;+1/p-1. The molecule has 0 unspecified atom stereocenters. The van der Waals surface area contributed by atoms with Crippen LogP contribution < -0.4 is 44.7 Å². The molecule has 0 saturated heterocycles. The second kappa shape index (κ2) is 12.0. The van der Waals surface area contributed by atoms with Gasteiger partial charge in [-0.3, -0.25) is 9.35 Å². The summed E-state index contributed by atoms with van der Waals surface area (Å²) in [4.78, 5) is 12.7.